The Balaban J connectivity index is 1.49. The Hall–Kier alpha value is -3.76. The van der Waals surface area contributed by atoms with E-state index >= 15 is 0 Å². The number of nitrogens with zero attached hydrogens (tertiary/aromatic N) is 3. The number of amides is 2. The molecule has 2 aromatic heterocycles. The van der Waals surface area contributed by atoms with E-state index in [1.165, 1.54) is 24.5 Å². The van der Waals surface area contributed by atoms with Crippen LogP contribution in [0.1, 0.15) is 27.2 Å². The number of aromatic nitrogens is 3. The molecule has 4 heterocycles. The molecule has 5 rings (SSSR count). The Morgan fingerprint density at radius 2 is 2.09 bits per heavy atom. The summed E-state index contributed by atoms with van der Waals surface area (Å²) in [6.07, 6.45) is 4.63. The van der Waals surface area contributed by atoms with Gasteiger partial charge in [-0.1, -0.05) is 11.6 Å². The van der Waals surface area contributed by atoms with E-state index in [9.17, 15) is 14.0 Å². The van der Waals surface area contributed by atoms with Crippen molar-refractivity contribution in [1.29, 1.82) is 0 Å². The number of rotatable bonds is 4. The van der Waals surface area contributed by atoms with Crippen molar-refractivity contribution >= 4 is 52.4 Å². The summed E-state index contributed by atoms with van der Waals surface area (Å²) in [6.45, 7) is 3.92. The number of halogens is 2. The van der Waals surface area contributed by atoms with Gasteiger partial charge in [-0.2, -0.15) is 0 Å². The van der Waals surface area contributed by atoms with Crippen molar-refractivity contribution in [2.24, 2.45) is 0 Å². The zero-order chi connectivity index (χ0) is 23.8. The van der Waals surface area contributed by atoms with Gasteiger partial charge in [0.1, 0.15) is 23.8 Å². The Bertz CT molecular complexity index is 1330. The summed E-state index contributed by atoms with van der Waals surface area (Å²) in [6, 6.07) is 4.18. The van der Waals surface area contributed by atoms with Gasteiger partial charge in [0.05, 0.1) is 34.9 Å². The number of hydrogen-bond acceptors (Lipinski definition) is 6. The Morgan fingerprint density at radius 1 is 1.29 bits per heavy atom. The molecule has 1 saturated heterocycles. The van der Waals surface area contributed by atoms with Crippen LogP contribution in [0.5, 0.6) is 0 Å². The number of hydrogen-bond donors (Lipinski definition) is 3. The number of H-pyrrole nitrogens is 1. The van der Waals surface area contributed by atoms with Crippen LogP contribution in [0.15, 0.2) is 30.7 Å². The van der Waals surface area contributed by atoms with Gasteiger partial charge >= 0.3 is 0 Å². The number of morpholine rings is 1. The van der Waals surface area contributed by atoms with E-state index in [4.69, 9.17) is 16.3 Å². The highest BCUT2D eigenvalue weighted by Gasteiger charge is 2.30. The molecule has 2 aliphatic heterocycles. The molecule has 0 saturated carbocycles. The predicted octanol–water partition coefficient (Wildman–Crippen LogP) is 3.61. The molecule has 0 radical (unpaired) electrons. The summed E-state index contributed by atoms with van der Waals surface area (Å²) in [5.74, 6) is -0.285. The molecule has 0 atom stereocenters. The molecule has 1 aromatic carbocycles. The van der Waals surface area contributed by atoms with Gasteiger partial charge in [0.25, 0.3) is 11.8 Å². The van der Waals surface area contributed by atoms with E-state index in [0.717, 1.165) is 5.56 Å². The number of benzene rings is 1. The fourth-order valence-corrected chi connectivity index (χ4v) is 4.11. The van der Waals surface area contributed by atoms with Gasteiger partial charge in [-0.25, -0.2) is 14.4 Å². The second-order valence-electron chi connectivity index (χ2n) is 7.86. The fourth-order valence-electron chi connectivity index (χ4n) is 3.93. The van der Waals surface area contributed by atoms with Gasteiger partial charge < -0.3 is 25.3 Å². The van der Waals surface area contributed by atoms with Crippen LogP contribution in [0.25, 0.3) is 11.6 Å². The average Bonchev–Trinajstić information content (AvgIpc) is 3.36. The second kappa shape index (κ2) is 8.88. The maximum atomic E-state index is 13.5. The van der Waals surface area contributed by atoms with E-state index in [-0.39, 0.29) is 16.8 Å². The van der Waals surface area contributed by atoms with Gasteiger partial charge in [0, 0.05) is 30.7 Å². The van der Waals surface area contributed by atoms with Crippen LogP contribution < -0.4 is 10.6 Å². The van der Waals surface area contributed by atoms with Gasteiger partial charge in [-0.3, -0.25) is 9.59 Å². The van der Waals surface area contributed by atoms with Crippen LogP contribution in [-0.4, -0.2) is 58.0 Å². The third-order valence-electron chi connectivity index (χ3n) is 5.77. The number of nitrogens with one attached hydrogen (secondary N) is 3. The van der Waals surface area contributed by atoms with Gasteiger partial charge in [0.2, 0.25) is 0 Å². The Kier molecular flexibility index (Phi) is 5.76. The van der Waals surface area contributed by atoms with Crippen LogP contribution in [0.2, 0.25) is 5.02 Å². The molecule has 2 aliphatic rings. The predicted molar refractivity (Wildman–Crippen MR) is 125 cm³/mol. The number of anilines is 3. The molecule has 9 nitrogen and oxygen atoms in total. The molecule has 174 valence electrons. The molecule has 3 aromatic rings. The summed E-state index contributed by atoms with van der Waals surface area (Å²) in [5.41, 5.74) is 3.16. The monoisotopic (exact) mass is 482 g/mol. The van der Waals surface area contributed by atoms with Gasteiger partial charge in [0.15, 0.2) is 0 Å². The van der Waals surface area contributed by atoms with Crippen molar-refractivity contribution in [1.82, 2.24) is 19.9 Å². The minimum atomic E-state index is -0.540. The van der Waals surface area contributed by atoms with E-state index in [1.54, 1.807) is 17.2 Å². The van der Waals surface area contributed by atoms with Crippen LogP contribution in [-0.2, 0) is 9.53 Å². The van der Waals surface area contributed by atoms with Crippen LogP contribution in [0, 0.1) is 12.7 Å². The summed E-state index contributed by atoms with van der Waals surface area (Å²) in [5, 5.41) is 5.76. The lowest BCUT2D eigenvalue weighted by molar-refractivity contribution is -0.110. The molecule has 3 N–H and O–H groups in total. The molecule has 0 spiro atoms. The maximum Gasteiger partial charge on any atom is 0.257 e. The molecule has 0 aliphatic carbocycles. The van der Waals surface area contributed by atoms with Crippen molar-refractivity contribution < 1.29 is 18.7 Å². The third-order valence-corrected chi connectivity index (χ3v) is 6.06. The number of fused-ring (bicyclic) bond motifs is 1. The maximum absolute atomic E-state index is 13.5. The van der Waals surface area contributed by atoms with Crippen LogP contribution >= 0.6 is 11.6 Å². The Labute approximate surface area is 199 Å². The van der Waals surface area contributed by atoms with E-state index in [0.29, 0.717) is 66.0 Å². The molecule has 0 bridgehead atoms. The van der Waals surface area contributed by atoms with Crippen molar-refractivity contribution in [2.45, 2.75) is 6.92 Å². The zero-order valence-corrected chi connectivity index (χ0v) is 18.9. The average molecular weight is 483 g/mol. The second-order valence-corrected chi connectivity index (χ2v) is 8.26. The molecule has 34 heavy (non-hydrogen) atoms. The van der Waals surface area contributed by atoms with E-state index in [2.05, 4.69) is 25.6 Å². The lowest BCUT2D eigenvalue weighted by atomic mass is 10.1. The largest absolute Gasteiger partial charge is 0.378 e. The molecular formula is C23H20ClFN6O3. The molecule has 11 heteroatoms. The topological polar surface area (TPSA) is 112 Å². The normalized spacial score (nSPS) is 16.5. The van der Waals surface area contributed by atoms with Gasteiger partial charge in [-0.15, -0.1) is 0 Å². The molecular weight excluding hydrogens is 463 g/mol. The van der Waals surface area contributed by atoms with Crippen molar-refractivity contribution in [2.75, 3.05) is 36.9 Å². The highest BCUT2D eigenvalue weighted by molar-refractivity contribution is 6.35. The van der Waals surface area contributed by atoms with Crippen LogP contribution in [0.4, 0.5) is 21.7 Å². The van der Waals surface area contributed by atoms with E-state index in [1.807, 2.05) is 6.92 Å². The number of ether oxygens (including phenoxy) is 1. The highest BCUT2D eigenvalue weighted by Crippen LogP contribution is 2.37. The fraction of sp³-hybridized carbons (Fsp3) is 0.217. The van der Waals surface area contributed by atoms with Crippen molar-refractivity contribution in [3.05, 3.63) is 63.9 Å². The first-order valence-corrected chi connectivity index (χ1v) is 11.0. The molecule has 2 amide bonds. The number of carbonyl (C=O) groups excluding carboxylic acids is 2. The SMILES string of the molecule is Cc1c(C(=O)N2CCOCC2)c[nH]c1/C=C1\C(=O)Nc2ncnc(Nc3ccc(F)c(Cl)c3)c21. The number of aromatic amines is 1. The lowest BCUT2D eigenvalue weighted by Gasteiger charge is -2.26. The minimum absolute atomic E-state index is 0.0415. The highest BCUT2D eigenvalue weighted by atomic mass is 35.5. The summed E-state index contributed by atoms with van der Waals surface area (Å²) < 4.78 is 18.9. The van der Waals surface area contributed by atoms with Crippen molar-refractivity contribution in [3.63, 3.8) is 0 Å². The third kappa shape index (κ3) is 4.02. The zero-order valence-electron chi connectivity index (χ0n) is 18.1. The first-order chi connectivity index (χ1) is 16.4. The first kappa shape index (κ1) is 22.1. The summed E-state index contributed by atoms with van der Waals surface area (Å²) in [7, 11) is 0. The minimum Gasteiger partial charge on any atom is -0.378 e. The first-order valence-electron chi connectivity index (χ1n) is 10.6. The molecule has 1 fully saturated rings. The quantitative estimate of drug-likeness (QED) is 0.490. The van der Waals surface area contributed by atoms with Crippen molar-refractivity contribution in [3.8, 4) is 0 Å². The van der Waals surface area contributed by atoms with E-state index < -0.39 is 5.82 Å². The van der Waals surface area contributed by atoms with Gasteiger partial charge in [-0.05, 0) is 36.8 Å². The summed E-state index contributed by atoms with van der Waals surface area (Å²) in [4.78, 5) is 39.0. The lowest BCUT2D eigenvalue weighted by Crippen LogP contribution is -2.40. The standard InChI is InChI=1S/C23H20ClFN6O3/c1-12-15(23(33)31-4-6-34-7-5-31)10-26-18(12)9-14-19-20(27-11-28-21(19)30-22(14)32)29-13-2-3-17(25)16(24)8-13/h2-3,8-11,26H,4-7H2,1H3,(H2,27,28,29,30,32)/b14-9-. The molecule has 0 unspecified atom stereocenters. The summed E-state index contributed by atoms with van der Waals surface area (Å²) >= 11 is 5.89. The Morgan fingerprint density at radius 3 is 2.85 bits per heavy atom. The smallest absolute Gasteiger partial charge is 0.257 e. The van der Waals surface area contributed by atoms with Crippen LogP contribution in [0.3, 0.4) is 0 Å². The number of carbonyl (C=O) groups is 2.